The van der Waals surface area contributed by atoms with Crippen LogP contribution in [-0.2, 0) is 5.75 Å². The zero-order chi connectivity index (χ0) is 11.4. The van der Waals surface area contributed by atoms with Crippen LogP contribution in [0.5, 0.6) is 0 Å². The van der Waals surface area contributed by atoms with Crippen LogP contribution in [0.25, 0.3) is 0 Å². The number of anilines is 1. The minimum atomic E-state index is 0.914. The fourth-order valence-electron chi connectivity index (χ4n) is 1.69. The second-order valence-corrected chi connectivity index (χ2v) is 4.89. The highest BCUT2D eigenvalue weighted by molar-refractivity contribution is 8.13. The van der Waals surface area contributed by atoms with Gasteiger partial charge in [0.25, 0.3) is 0 Å². The summed E-state index contributed by atoms with van der Waals surface area (Å²) in [5, 5.41) is 4.35. The molecule has 2 rings (SSSR count). The number of hydrogen-bond donors (Lipinski definition) is 1. The van der Waals surface area contributed by atoms with Crippen molar-refractivity contribution in [3.05, 3.63) is 29.8 Å². The van der Waals surface area contributed by atoms with Crippen LogP contribution in [0.3, 0.4) is 0 Å². The Kier molecular flexibility index (Phi) is 3.72. The number of benzene rings is 1. The minimum Gasteiger partial charge on any atom is -0.377 e. The Bertz CT molecular complexity index is 388. The van der Waals surface area contributed by atoms with Crippen LogP contribution >= 0.6 is 11.8 Å². The van der Waals surface area contributed by atoms with Crippen LogP contribution in [-0.4, -0.2) is 32.4 Å². The smallest absolute Gasteiger partial charge is 0.157 e. The third kappa shape index (κ3) is 2.70. The lowest BCUT2D eigenvalue weighted by Gasteiger charge is -2.17. The molecule has 1 aliphatic heterocycles. The van der Waals surface area contributed by atoms with E-state index in [1.807, 2.05) is 0 Å². The van der Waals surface area contributed by atoms with Crippen LogP contribution in [0.2, 0.25) is 0 Å². The number of para-hydroxylation sites is 1. The molecule has 1 heterocycles. The molecule has 4 heteroatoms. The summed E-state index contributed by atoms with van der Waals surface area (Å²) in [5.41, 5.74) is 2.64. The Hall–Kier alpha value is -1.16. The summed E-state index contributed by atoms with van der Waals surface area (Å²) in [6.07, 6.45) is 0. The van der Waals surface area contributed by atoms with Crippen LogP contribution in [0.4, 0.5) is 5.69 Å². The van der Waals surface area contributed by atoms with Crippen LogP contribution in [0.15, 0.2) is 29.3 Å². The highest BCUT2D eigenvalue weighted by atomic mass is 32.2. The Morgan fingerprint density at radius 1 is 1.38 bits per heavy atom. The molecule has 0 aliphatic carbocycles. The normalized spacial score (nSPS) is 14.5. The van der Waals surface area contributed by atoms with Crippen molar-refractivity contribution >= 4 is 22.6 Å². The van der Waals surface area contributed by atoms with Gasteiger partial charge in [-0.3, -0.25) is 4.99 Å². The molecular formula is C12H17N3S. The van der Waals surface area contributed by atoms with Gasteiger partial charge in [0.1, 0.15) is 0 Å². The topological polar surface area (TPSA) is 27.6 Å². The molecule has 16 heavy (non-hydrogen) atoms. The molecule has 0 saturated carbocycles. The van der Waals surface area contributed by atoms with E-state index in [4.69, 9.17) is 0 Å². The van der Waals surface area contributed by atoms with E-state index < -0.39 is 0 Å². The summed E-state index contributed by atoms with van der Waals surface area (Å²) >= 11 is 1.78. The monoisotopic (exact) mass is 235 g/mol. The Balaban J connectivity index is 2.03. The largest absolute Gasteiger partial charge is 0.377 e. The van der Waals surface area contributed by atoms with Gasteiger partial charge in [-0.1, -0.05) is 30.0 Å². The third-order valence-corrected chi connectivity index (χ3v) is 3.48. The molecule has 0 spiro atoms. The molecule has 0 aromatic heterocycles. The van der Waals surface area contributed by atoms with Gasteiger partial charge in [-0.15, -0.1) is 0 Å². The Morgan fingerprint density at radius 3 is 2.88 bits per heavy atom. The van der Waals surface area contributed by atoms with E-state index in [2.05, 4.69) is 53.6 Å². The van der Waals surface area contributed by atoms with E-state index >= 15 is 0 Å². The molecule has 1 aromatic carbocycles. The van der Waals surface area contributed by atoms with E-state index in [-0.39, 0.29) is 0 Å². The van der Waals surface area contributed by atoms with E-state index in [9.17, 15) is 0 Å². The lowest BCUT2D eigenvalue weighted by molar-refractivity contribution is 0.963. The molecule has 0 unspecified atom stereocenters. The number of nitrogens with zero attached hydrogens (tertiary/aromatic N) is 2. The van der Waals surface area contributed by atoms with E-state index in [1.165, 1.54) is 11.3 Å². The maximum Gasteiger partial charge on any atom is 0.157 e. The van der Waals surface area contributed by atoms with Gasteiger partial charge in [0.15, 0.2) is 5.17 Å². The van der Waals surface area contributed by atoms with E-state index in [0.717, 1.165) is 24.0 Å². The molecule has 86 valence electrons. The molecule has 3 nitrogen and oxygen atoms in total. The summed E-state index contributed by atoms with van der Waals surface area (Å²) < 4.78 is 0. The third-order valence-electron chi connectivity index (χ3n) is 2.48. The van der Waals surface area contributed by atoms with E-state index in [0.29, 0.717) is 0 Å². The lowest BCUT2D eigenvalue weighted by Crippen LogP contribution is -2.15. The van der Waals surface area contributed by atoms with Crippen molar-refractivity contribution < 1.29 is 0 Å². The van der Waals surface area contributed by atoms with Crippen molar-refractivity contribution in [2.24, 2.45) is 4.99 Å². The predicted molar refractivity (Wildman–Crippen MR) is 72.4 cm³/mol. The zero-order valence-corrected chi connectivity index (χ0v) is 10.5. The number of nitrogens with one attached hydrogen (secondary N) is 1. The molecule has 1 N–H and O–H groups in total. The van der Waals surface area contributed by atoms with Gasteiger partial charge in [-0.05, 0) is 11.6 Å². The first kappa shape index (κ1) is 11.3. The maximum absolute atomic E-state index is 4.38. The summed E-state index contributed by atoms with van der Waals surface area (Å²) in [6, 6.07) is 8.50. The minimum absolute atomic E-state index is 0.914. The van der Waals surface area contributed by atoms with Gasteiger partial charge in [0, 0.05) is 32.1 Å². The van der Waals surface area contributed by atoms with E-state index in [1.54, 1.807) is 11.8 Å². The number of thioether (sulfide) groups is 1. The molecular weight excluding hydrogens is 218 g/mol. The van der Waals surface area contributed by atoms with Crippen molar-refractivity contribution in [3.8, 4) is 0 Å². The average molecular weight is 235 g/mol. The molecule has 1 aromatic rings. The molecule has 1 aliphatic rings. The zero-order valence-electron chi connectivity index (χ0n) is 9.73. The number of hydrogen-bond acceptors (Lipinski definition) is 4. The fraction of sp³-hybridized carbons (Fsp3) is 0.417. The molecule has 0 amide bonds. The Labute approximate surface area is 101 Å². The van der Waals surface area contributed by atoms with Gasteiger partial charge in [0.05, 0.1) is 6.54 Å². The second-order valence-electron chi connectivity index (χ2n) is 3.93. The lowest BCUT2D eigenvalue weighted by atomic mass is 10.2. The van der Waals surface area contributed by atoms with Gasteiger partial charge < -0.3 is 10.2 Å². The molecule has 0 saturated heterocycles. The first-order valence-corrected chi connectivity index (χ1v) is 6.42. The van der Waals surface area contributed by atoms with Crippen LogP contribution in [0, 0.1) is 0 Å². The quantitative estimate of drug-likeness (QED) is 0.867. The molecule has 0 bridgehead atoms. The molecule has 0 radical (unpaired) electrons. The van der Waals surface area contributed by atoms with Crippen LogP contribution in [0.1, 0.15) is 5.56 Å². The van der Waals surface area contributed by atoms with Crippen LogP contribution < -0.4 is 10.2 Å². The van der Waals surface area contributed by atoms with Crippen molar-refractivity contribution in [2.45, 2.75) is 5.75 Å². The standard InChI is InChI=1S/C12H17N3S/c1-15(2)11-6-4-3-5-10(11)9-16-12-13-7-8-14-12/h3-6H,7-9H2,1-2H3,(H,13,14). The average Bonchev–Trinajstić information content (AvgIpc) is 2.79. The first-order valence-electron chi connectivity index (χ1n) is 5.44. The highest BCUT2D eigenvalue weighted by Gasteiger charge is 2.08. The number of rotatable bonds is 3. The highest BCUT2D eigenvalue weighted by Crippen LogP contribution is 2.23. The van der Waals surface area contributed by atoms with Crippen molar-refractivity contribution in [1.82, 2.24) is 5.32 Å². The first-order chi connectivity index (χ1) is 7.77. The summed E-state index contributed by atoms with van der Waals surface area (Å²) in [5.74, 6) is 0.972. The second kappa shape index (κ2) is 5.25. The maximum atomic E-state index is 4.38. The van der Waals surface area contributed by atoms with Crippen molar-refractivity contribution in [2.75, 3.05) is 32.1 Å². The summed E-state index contributed by atoms with van der Waals surface area (Å²) in [4.78, 5) is 6.53. The summed E-state index contributed by atoms with van der Waals surface area (Å²) in [7, 11) is 4.16. The number of aliphatic imine (C=N–C) groups is 1. The molecule has 0 atom stereocenters. The molecule has 0 fully saturated rings. The van der Waals surface area contributed by atoms with Gasteiger partial charge in [-0.25, -0.2) is 0 Å². The predicted octanol–water partition coefficient (Wildman–Crippen LogP) is 1.94. The fourth-order valence-corrected chi connectivity index (χ4v) is 2.61. The Morgan fingerprint density at radius 2 is 2.19 bits per heavy atom. The van der Waals surface area contributed by atoms with Gasteiger partial charge in [-0.2, -0.15) is 0 Å². The van der Waals surface area contributed by atoms with Crippen molar-refractivity contribution in [1.29, 1.82) is 0 Å². The summed E-state index contributed by atoms with van der Waals surface area (Å²) in [6.45, 7) is 1.90. The SMILES string of the molecule is CN(C)c1ccccc1CSC1=NCCN1. The van der Waals surface area contributed by atoms with Gasteiger partial charge >= 0.3 is 0 Å². The van der Waals surface area contributed by atoms with Crippen molar-refractivity contribution in [3.63, 3.8) is 0 Å². The van der Waals surface area contributed by atoms with Gasteiger partial charge in [0.2, 0.25) is 0 Å². The number of amidine groups is 1.